The van der Waals surface area contributed by atoms with Crippen molar-refractivity contribution < 1.29 is 4.39 Å². The zero-order chi connectivity index (χ0) is 14.5. The number of halogens is 3. The summed E-state index contributed by atoms with van der Waals surface area (Å²) in [4.78, 5) is 4.38. The summed E-state index contributed by atoms with van der Waals surface area (Å²) in [7, 11) is 0. The van der Waals surface area contributed by atoms with Crippen LogP contribution < -0.4 is 5.32 Å². The minimum absolute atomic E-state index is 0.0407. The second-order valence-electron chi connectivity index (χ2n) is 4.45. The monoisotopic (exact) mass is 356 g/mol. The summed E-state index contributed by atoms with van der Waals surface area (Å²) in [5.41, 5.74) is 1.47. The van der Waals surface area contributed by atoms with Gasteiger partial charge in [-0.15, -0.1) is 0 Å². The van der Waals surface area contributed by atoms with Crippen molar-refractivity contribution in [2.24, 2.45) is 0 Å². The molecular formula is C15H15BrClFN2. The third-order valence-corrected chi connectivity index (χ3v) is 3.69. The van der Waals surface area contributed by atoms with Crippen LogP contribution >= 0.6 is 27.5 Å². The smallest absolute Gasteiger partial charge is 0.126 e. The molecule has 2 aromatic rings. The van der Waals surface area contributed by atoms with Gasteiger partial charge in [-0.1, -0.05) is 18.5 Å². The fourth-order valence-electron chi connectivity index (χ4n) is 2.04. The summed E-state index contributed by atoms with van der Waals surface area (Å²) in [6, 6.07) is 8.44. The molecule has 0 radical (unpaired) electrons. The number of nitrogens with zero attached hydrogens (tertiary/aromatic N) is 1. The Bertz CT molecular complexity index is 575. The van der Waals surface area contributed by atoms with Gasteiger partial charge in [0.1, 0.15) is 5.82 Å². The van der Waals surface area contributed by atoms with E-state index in [4.69, 9.17) is 11.6 Å². The number of pyridine rings is 1. The summed E-state index contributed by atoms with van der Waals surface area (Å²) < 4.78 is 14.8. The standard InChI is InChI=1S/C15H15BrClFN2/c1-2-19-15(14-6-3-11(16)9-20-14)8-10-7-12(17)4-5-13(10)18/h3-7,9,15,19H,2,8H2,1H3. The SMILES string of the molecule is CCNC(Cc1cc(Cl)ccc1F)c1ccc(Br)cn1. The Labute approximate surface area is 131 Å². The van der Waals surface area contributed by atoms with E-state index in [2.05, 4.69) is 26.2 Å². The van der Waals surface area contributed by atoms with Crippen LogP contribution in [0.25, 0.3) is 0 Å². The first-order valence-electron chi connectivity index (χ1n) is 6.39. The first kappa shape index (κ1) is 15.4. The van der Waals surface area contributed by atoms with Crippen molar-refractivity contribution >= 4 is 27.5 Å². The van der Waals surface area contributed by atoms with Crippen LogP contribution in [0.4, 0.5) is 4.39 Å². The number of benzene rings is 1. The highest BCUT2D eigenvalue weighted by atomic mass is 79.9. The fraction of sp³-hybridized carbons (Fsp3) is 0.267. The predicted octanol–water partition coefficient (Wildman–Crippen LogP) is 4.53. The van der Waals surface area contributed by atoms with Crippen LogP contribution in [-0.2, 0) is 6.42 Å². The molecule has 1 heterocycles. The van der Waals surface area contributed by atoms with Crippen LogP contribution in [0.1, 0.15) is 24.2 Å². The zero-order valence-corrected chi connectivity index (χ0v) is 13.4. The molecule has 106 valence electrons. The van der Waals surface area contributed by atoms with Gasteiger partial charge in [0.05, 0.1) is 11.7 Å². The summed E-state index contributed by atoms with van der Waals surface area (Å²) in [5.74, 6) is -0.241. The highest BCUT2D eigenvalue weighted by Gasteiger charge is 2.15. The van der Waals surface area contributed by atoms with E-state index in [0.29, 0.717) is 17.0 Å². The van der Waals surface area contributed by atoms with Gasteiger partial charge < -0.3 is 5.32 Å². The molecule has 1 unspecified atom stereocenters. The van der Waals surface area contributed by atoms with Gasteiger partial charge in [0.15, 0.2) is 0 Å². The quantitative estimate of drug-likeness (QED) is 0.850. The van der Waals surface area contributed by atoms with Crippen LogP contribution in [0.5, 0.6) is 0 Å². The second-order valence-corrected chi connectivity index (χ2v) is 5.80. The first-order valence-corrected chi connectivity index (χ1v) is 7.56. The highest BCUT2D eigenvalue weighted by Crippen LogP contribution is 2.22. The fourth-order valence-corrected chi connectivity index (χ4v) is 2.47. The molecular weight excluding hydrogens is 343 g/mol. The van der Waals surface area contributed by atoms with Crippen LogP contribution in [-0.4, -0.2) is 11.5 Å². The van der Waals surface area contributed by atoms with Crippen molar-refractivity contribution in [1.82, 2.24) is 10.3 Å². The summed E-state index contributed by atoms with van der Waals surface area (Å²) in [6.07, 6.45) is 2.25. The molecule has 1 aromatic carbocycles. The van der Waals surface area contributed by atoms with Gasteiger partial charge in [-0.3, -0.25) is 4.98 Å². The Morgan fingerprint density at radius 2 is 2.15 bits per heavy atom. The molecule has 2 rings (SSSR count). The lowest BCUT2D eigenvalue weighted by atomic mass is 10.0. The van der Waals surface area contributed by atoms with Crippen molar-refractivity contribution in [2.75, 3.05) is 6.54 Å². The second kappa shape index (κ2) is 7.16. The van der Waals surface area contributed by atoms with Gasteiger partial charge in [0.25, 0.3) is 0 Å². The third kappa shape index (κ3) is 4.01. The van der Waals surface area contributed by atoms with Crippen molar-refractivity contribution in [3.05, 3.63) is 63.1 Å². The number of nitrogens with one attached hydrogen (secondary N) is 1. The maximum atomic E-state index is 13.8. The molecule has 1 N–H and O–H groups in total. The van der Waals surface area contributed by atoms with Crippen molar-refractivity contribution in [2.45, 2.75) is 19.4 Å². The molecule has 0 amide bonds. The minimum atomic E-state index is -0.241. The van der Waals surface area contributed by atoms with Crippen molar-refractivity contribution in [1.29, 1.82) is 0 Å². The van der Waals surface area contributed by atoms with E-state index in [0.717, 1.165) is 16.7 Å². The molecule has 0 bridgehead atoms. The molecule has 0 aliphatic heterocycles. The van der Waals surface area contributed by atoms with E-state index in [1.165, 1.54) is 6.07 Å². The Kier molecular flexibility index (Phi) is 5.52. The van der Waals surface area contributed by atoms with Gasteiger partial charge in [-0.2, -0.15) is 0 Å². The summed E-state index contributed by atoms with van der Waals surface area (Å²) >= 11 is 9.30. The van der Waals surface area contributed by atoms with Crippen molar-refractivity contribution in [3.63, 3.8) is 0 Å². The number of aromatic nitrogens is 1. The minimum Gasteiger partial charge on any atom is -0.309 e. The lowest BCUT2D eigenvalue weighted by molar-refractivity contribution is 0.518. The van der Waals surface area contributed by atoms with Gasteiger partial charge in [0.2, 0.25) is 0 Å². The number of hydrogen-bond donors (Lipinski definition) is 1. The Morgan fingerprint density at radius 1 is 1.35 bits per heavy atom. The lowest BCUT2D eigenvalue weighted by Crippen LogP contribution is -2.24. The third-order valence-electron chi connectivity index (χ3n) is 2.99. The average Bonchev–Trinajstić information content (AvgIpc) is 2.43. The zero-order valence-electron chi connectivity index (χ0n) is 11.0. The molecule has 0 saturated heterocycles. The van der Waals surface area contributed by atoms with Crippen molar-refractivity contribution in [3.8, 4) is 0 Å². The number of hydrogen-bond acceptors (Lipinski definition) is 2. The van der Waals surface area contributed by atoms with Gasteiger partial charge in [-0.25, -0.2) is 4.39 Å². The molecule has 1 aromatic heterocycles. The normalized spacial score (nSPS) is 12.4. The van der Waals surface area contributed by atoms with Gasteiger partial charge >= 0.3 is 0 Å². The molecule has 1 atom stereocenters. The Hall–Kier alpha value is -0.970. The Morgan fingerprint density at radius 3 is 2.80 bits per heavy atom. The molecule has 0 saturated carbocycles. The van der Waals surface area contributed by atoms with E-state index in [1.807, 2.05) is 19.1 Å². The highest BCUT2D eigenvalue weighted by molar-refractivity contribution is 9.10. The largest absolute Gasteiger partial charge is 0.309 e. The topological polar surface area (TPSA) is 24.9 Å². The van der Waals surface area contributed by atoms with Crippen LogP contribution in [0.3, 0.4) is 0 Å². The average molecular weight is 358 g/mol. The van der Waals surface area contributed by atoms with Crippen LogP contribution in [0.15, 0.2) is 41.0 Å². The Balaban J connectivity index is 2.25. The molecule has 0 fully saturated rings. The van der Waals surface area contributed by atoms with E-state index >= 15 is 0 Å². The number of likely N-dealkylation sites (N-methyl/N-ethyl adjacent to an activating group) is 1. The summed E-state index contributed by atoms with van der Waals surface area (Å²) in [6.45, 7) is 2.80. The van der Waals surface area contributed by atoms with E-state index in [-0.39, 0.29) is 11.9 Å². The van der Waals surface area contributed by atoms with Gasteiger partial charge in [-0.05, 0) is 64.8 Å². The molecule has 20 heavy (non-hydrogen) atoms. The molecule has 5 heteroatoms. The summed E-state index contributed by atoms with van der Waals surface area (Å²) in [5, 5.41) is 3.87. The maximum Gasteiger partial charge on any atom is 0.126 e. The molecule has 0 aliphatic rings. The van der Waals surface area contributed by atoms with E-state index < -0.39 is 0 Å². The molecule has 0 aliphatic carbocycles. The van der Waals surface area contributed by atoms with Gasteiger partial charge in [0, 0.05) is 15.7 Å². The number of rotatable bonds is 5. The molecule has 0 spiro atoms. The lowest BCUT2D eigenvalue weighted by Gasteiger charge is -2.18. The molecule has 2 nitrogen and oxygen atoms in total. The maximum absolute atomic E-state index is 13.8. The van der Waals surface area contributed by atoms with E-state index in [1.54, 1.807) is 18.3 Å². The first-order chi connectivity index (χ1) is 9.60. The van der Waals surface area contributed by atoms with Crippen LogP contribution in [0.2, 0.25) is 5.02 Å². The van der Waals surface area contributed by atoms with Crippen LogP contribution in [0, 0.1) is 5.82 Å². The predicted molar refractivity (Wildman–Crippen MR) is 83.5 cm³/mol. The van der Waals surface area contributed by atoms with E-state index in [9.17, 15) is 4.39 Å².